The molecule has 1 aliphatic heterocycles. The van der Waals surface area contributed by atoms with Gasteiger partial charge in [0.15, 0.2) is 0 Å². The number of benzene rings is 3. The minimum absolute atomic E-state index is 0.0320. The SMILES string of the molecule is COc1ccc(C(OC[C@H]2O[C@@H](n3ccc(NC(=O)CC(C)CCCC(C)CCCC(C)CCCC(C)C)nc3=O)C[C@@H]2OP(OCCC#N)N(C(C)C)C(C)C)(c2ccccc2)c2ccc(OC)cc2)cc1. The molecule has 2 heterocycles. The van der Waals surface area contributed by atoms with E-state index in [0.29, 0.717) is 23.8 Å². The topological polar surface area (TPSA) is 146 Å². The van der Waals surface area contributed by atoms with Crippen LogP contribution in [0.2, 0.25) is 0 Å². The van der Waals surface area contributed by atoms with Gasteiger partial charge in [0.1, 0.15) is 35.2 Å². The zero-order valence-corrected chi connectivity index (χ0v) is 46.7. The van der Waals surface area contributed by atoms with Gasteiger partial charge in [-0.2, -0.15) is 10.2 Å². The van der Waals surface area contributed by atoms with Crippen molar-refractivity contribution in [3.63, 3.8) is 0 Å². The van der Waals surface area contributed by atoms with E-state index in [0.717, 1.165) is 41.4 Å². The molecule has 400 valence electrons. The minimum Gasteiger partial charge on any atom is -0.497 e. The summed E-state index contributed by atoms with van der Waals surface area (Å²) in [6.07, 6.45) is 11.4. The van der Waals surface area contributed by atoms with Crippen molar-refractivity contribution in [2.45, 2.75) is 175 Å². The van der Waals surface area contributed by atoms with E-state index in [4.69, 9.17) is 28.0 Å². The van der Waals surface area contributed by atoms with E-state index in [1.165, 1.54) is 49.5 Å². The Bertz CT molecular complexity index is 2270. The number of nitriles is 1. The molecule has 0 bridgehead atoms. The number of nitrogens with one attached hydrogen (secondary N) is 1. The third-order valence-electron chi connectivity index (χ3n) is 13.9. The van der Waals surface area contributed by atoms with Gasteiger partial charge in [-0.05, 0) is 98.4 Å². The molecule has 1 N–H and O–H groups in total. The number of carbonyl (C=O) groups excluding carboxylic acids is 1. The summed E-state index contributed by atoms with van der Waals surface area (Å²) in [4.78, 5) is 31.6. The van der Waals surface area contributed by atoms with E-state index in [2.05, 4.69) is 83.4 Å². The first kappa shape index (κ1) is 59.2. The van der Waals surface area contributed by atoms with Crippen molar-refractivity contribution in [3.05, 3.63) is 118 Å². The normalized spacial score (nSPS) is 17.7. The van der Waals surface area contributed by atoms with Gasteiger partial charge in [-0.25, -0.2) is 9.46 Å². The standard InChI is InChI=1S/C59H86N5O8P/c1-42(2)19-15-20-45(7)21-16-22-46(8)23-17-24-47(9)39-56(65)61-55-35-37-63(58(66)62-55)57-40-53(72-73(70-38-18-36-60)64(43(3)4)44(5)6)54(71-57)41-69-59(48-25-13-12-14-26-48,49-27-31-51(67-10)32-28-49)50-29-33-52(68-11)34-30-50/h12-14,25-35,37,42-47,53-54,57H,15-24,38-41H2,1-11H3,(H,61,62,65,66)/t45?,46?,47?,53-,54+,57+,73?/m0/s1. The van der Waals surface area contributed by atoms with Gasteiger partial charge < -0.3 is 33.3 Å². The zero-order valence-electron chi connectivity index (χ0n) is 45.8. The first-order valence-corrected chi connectivity index (χ1v) is 28.0. The van der Waals surface area contributed by atoms with Crippen LogP contribution in [0.15, 0.2) is 95.9 Å². The number of carbonyl (C=O) groups is 1. The summed E-state index contributed by atoms with van der Waals surface area (Å²) in [5.74, 6) is 3.89. The van der Waals surface area contributed by atoms with Crippen LogP contribution in [-0.2, 0) is 28.9 Å². The maximum atomic E-state index is 14.0. The molecule has 13 nitrogen and oxygen atoms in total. The van der Waals surface area contributed by atoms with Crippen LogP contribution in [0.4, 0.5) is 5.82 Å². The predicted octanol–water partition coefficient (Wildman–Crippen LogP) is 13.6. The summed E-state index contributed by atoms with van der Waals surface area (Å²) >= 11 is 0. The number of anilines is 1. The molecule has 14 heteroatoms. The number of hydrogen-bond acceptors (Lipinski definition) is 11. The van der Waals surface area contributed by atoms with Gasteiger partial charge in [0.2, 0.25) is 5.91 Å². The van der Waals surface area contributed by atoms with Gasteiger partial charge in [0.05, 0.1) is 46.0 Å². The highest BCUT2D eigenvalue weighted by molar-refractivity contribution is 7.44. The van der Waals surface area contributed by atoms with Gasteiger partial charge >= 0.3 is 5.69 Å². The lowest BCUT2D eigenvalue weighted by Crippen LogP contribution is -2.39. The third-order valence-corrected chi connectivity index (χ3v) is 16.1. The Morgan fingerprint density at radius 3 is 1.82 bits per heavy atom. The maximum absolute atomic E-state index is 14.0. The Balaban J connectivity index is 1.34. The molecule has 0 radical (unpaired) electrons. The summed E-state index contributed by atoms with van der Waals surface area (Å²) < 4.78 is 42.4. The highest BCUT2D eigenvalue weighted by Gasteiger charge is 2.45. The van der Waals surface area contributed by atoms with Gasteiger partial charge in [0.25, 0.3) is 8.53 Å². The molecule has 1 amide bonds. The summed E-state index contributed by atoms with van der Waals surface area (Å²) in [5, 5.41) is 12.3. The number of hydrogen-bond donors (Lipinski definition) is 1. The molecule has 4 aromatic rings. The monoisotopic (exact) mass is 1020 g/mol. The fraction of sp³-hybridized carbons (Fsp3) is 0.593. The molecule has 4 unspecified atom stereocenters. The quantitative estimate of drug-likeness (QED) is 0.0283. The smallest absolute Gasteiger partial charge is 0.351 e. The average Bonchev–Trinajstić information content (AvgIpc) is 3.76. The number of nitrogens with zero attached hydrogens (tertiary/aromatic N) is 4. The molecule has 1 aromatic heterocycles. The van der Waals surface area contributed by atoms with E-state index in [1.807, 2.05) is 78.9 Å². The number of ether oxygens (including phenoxy) is 4. The molecule has 5 rings (SSSR count). The molecule has 0 spiro atoms. The Hall–Kier alpha value is -4.67. The largest absolute Gasteiger partial charge is 0.497 e. The summed E-state index contributed by atoms with van der Waals surface area (Å²) in [6, 6.07) is 29.6. The molecule has 1 fully saturated rings. The summed E-state index contributed by atoms with van der Waals surface area (Å²) in [6.45, 7) is 20.1. The predicted molar refractivity (Wildman–Crippen MR) is 293 cm³/mol. The van der Waals surface area contributed by atoms with Gasteiger partial charge in [-0.1, -0.05) is 147 Å². The van der Waals surface area contributed by atoms with Crippen LogP contribution < -0.4 is 20.5 Å². The highest BCUT2D eigenvalue weighted by Crippen LogP contribution is 2.51. The first-order valence-electron chi connectivity index (χ1n) is 26.9. The van der Waals surface area contributed by atoms with E-state index in [1.54, 1.807) is 26.5 Å². The lowest BCUT2D eigenvalue weighted by Gasteiger charge is -2.39. The van der Waals surface area contributed by atoms with E-state index < -0.39 is 38.3 Å². The van der Waals surface area contributed by atoms with Crippen molar-refractivity contribution in [1.29, 1.82) is 5.26 Å². The Kier molecular flexibility index (Phi) is 24.4. The molecule has 1 aliphatic rings. The number of rotatable bonds is 32. The summed E-state index contributed by atoms with van der Waals surface area (Å²) in [5.41, 5.74) is 0.867. The molecule has 73 heavy (non-hydrogen) atoms. The second-order valence-electron chi connectivity index (χ2n) is 21.1. The Labute approximate surface area is 438 Å². The van der Waals surface area contributed by atoms with E-state index >= 15 is 0 Å². The van der Waals surface area contributed by atoms with Crippen LogP contribution >= 0.6 is 8.53 Å². The van der Waals surface area contributed by atoms with Crippen LogP contribution in [-0.4, -0.2) is 71.9 Å². The van der Waals surface area contributed by atoms with Crippen LogP contribution in [0.3, 0.4) is 0 Å². The maximum Gasteiger partial charge on any atom is 0.351 e. The van der Waals surface area contributed by atoms with Crippen LogP contribution in [0, 0.1) is 35.0 Å². The van der Waals surface area contributed by atoms with Crippen molar-refractivity contribution in [3.8, 4) is 17.6 Å². The molecule has 1 saturated heterocycles. The van der Waals surface area contributed by atoms with Gasteiger partial charge in [-0.3, -0.25) is 9.36 Å². The van der Waals surface area contributed by atoms with Crippen molar-refractivity contribution in [2.24, 2.45) is 23.7 Å². The van der Waals surface area contributed by atoms with Gasteiger partial charge in [0, 0.05) is 31.1 Å². The van der Waals surface area contributed by atoms with E-state index in [9.17, 15) is 14.9 Å². The Morgan fingerprint density at radius 2 is 1.32 bits per heavy atom. The first-order chi connectivity index (χ1) is 35.1. The second kappa shape index (κ2) is 30.0. The number of amides is 1. The Morgan fingerprint density at radius 1 is 0.781 bits per heavy atom. The van der Waals surface area contributed by atoms with Crippen LogP contribution in [0.25, 0.3) is 0 Å². The zero-order chi connectivity index (χ0) is 52.9. The van der Waals surface area contributed by atoms with E-state index in [-0.39, 0.29) is 55.8 Å². The summed E-state index contributed by atoms with van der Waals surface area (Å²) in [7, 11) is 1.58. The molecule has 0 saturated carbocycles. The lowest BCUT2D eigenvalue weighted by molar-refractivity contribution is -0.117. The molecule has 3 aromatic carbocycles. The van der Waals surface area contributed by atoms with Crippen molar-refractivity contribution in [1.82, 2.24) is 14.2 Å². The average molecular weight is 1020 g/mol. The molecule has 7 atom stereocenters. The number of aromatic nitrogens is 2. The minimum atomic E-state index is -1.70. The van der Waals surface area contributed by atoms with Crippen molar-refractivity contribution in [2.75, 3.05) is 32.8 Å². The highest BCUT2D eigenvalue weighted by atomic mass is 31.2. The molecule has 0 aliphatic carbocycles. The van der Waals surface area contributed by atoms with Gasteiger partial charge in [-0.15, -0.1) is 0 Å². The third kappa shape index (κ3) is 17.7. The fourth-order valence-electron chi connectivity index (χ4n) is 9.93. The second-order valence-corrected chi connectivity index (χ2v) is 22.5. The number of methoxy groups -OCH3 is 2. The van der Waals surface area contributed by atoms with Crippen molar-refractivity contribution < 1.29 is 32.8 Å². The molecular formula is C59H86N5O8P. The molecular weight excluding hydrogens is 938 g/mol. The lowest BCUT2D eigenvalue weighted by atomic mass is 9.80. The van der Waals surface area contributed by atoms with Crippen molar-refractivity contribution >= 4 is 20.3 Å². The van der Waals surface area contributed by atoms with Crippen LogP contribution in [0.1, 0.15) is 162 Å². The van der Waals surface area contributed by atoms with Crippen LogP contribution in [0.5, 0.6) is 11.5 Å². The fourth-order valence-corrected chi connectivity index (χ4v) is 11.7.